The van der Waals surface area contributed by atoms with Crippen molar-refractivity contribution in [1.82, 2.24) is 0 Å². The molecule has 5 nitrogen and oxygen atoms in total. The summed E-state index contributed by atoms with van der Waals surface area (Å²) in [6.45, 7) is 8.78. The molecule has 0 saturated carbocycles. The maximum atomic E-state index is 10.4. The van der Waals surface area contributed by atoms with E-state index in [1.807, 2.05) is 72.8 Å². The number of rotatable bonds is 10. The fraction of sp³-hybridized carbons (Fsp3) is 0.273. The second-order valence-electron chi connectivity index (χ2n) is 10.7. The van der Waals surface area contributed by atoms with Crippen molar-refractivity contribution >= 4 is 0 Å². The van der Waals surface area contributed by atoms with Gasteiger partial charge < -0.3 is 24.8 Å². The third kappa shape index (κ3) is 8.63. The van der Waals surface area contributed by atoms with Crippen LogP contribution in [0.3, 0.4) is 0 Å². The number of hydrogen-bond donors (Lipinski definition) is 3. The molecule has 0 unspecified atom stereocenters. The molecule has 0 aliphatic carbocycles. The van der Waals surface area contributed by atoms with Crippen LogP contribution in [0.1, 0.15) is 49.9 Å². The normalized spacial score (nSPS) is 11.3. The quantitative estimate of drug-likeness (QED) is 0.176. The van der Waals surface area contributed by atoms with Gasteiger partial charge in [-0.05, 0) is 70.8 Å². The number of phenols is 2. The van der Waals surface area contributed by atoms with E-state index < -0.39 is 6.10 Å². The molecule has 0 bridgehead atoms. The van der Waals surface area contributed by atoms with Crippen molar-refractivity contribution in [2.45, 2.75) is 44.6 Å². The summed E-state index contributed by atoms with van der Waals surface area (Å²) in [5.74, 6) is 1.86. The van der Waals surface area contributed by atoms with Crippen molar-refractivity contribution in [2.75, 3.05) is 13.2 Å². The predicted octanol–water partition coefficient (Wildman–Crippen LogP) is 6.56. The minimum atomic E-state index is -0.781. The summed E-state index contributed by atoms with van der Waals surface area (Å²) in [5.41, 5.74) is 4.00. The molecule has 0 aliphatic rings. The number of aliphatic hydroxyl groups is 1. The Morgan fingerprint density at radius 3 is 1.02 bits per heavy atom. The molecule has 2 radical (unpaired) electrons. The largest absolute Gasteiger partial charge is 0.508 e. The van der Waals surface area contributed by atoms with Crippen molar-refractivity contribution in [3.8, 4) is 23.0 Å². The van der Waals surface area contributed by atoms with E-state index in [4.69, 9.17) is 9.47 Å². The zero-order valence-electron chi connectivity index (χ0n) is 23.5. The summed E-state index contributed by atoms with van der Waals surface area (Å²) in [4.78, 5) is 0. The van der Waals surface area contributed by atoms with E-state index >= 15 is 0 Å². The smallest absolute Gasteiger partial charge is 0.122 e. The molecule has 0 saturated heterocycles. The first kappa shape index (κ1) is 34.4. The molecular formula is C33H36O5Y2. The van der Waals surface area contributed by atoms with Gasteiger partial charge in [-0.2, -0.15) is 0 Å². The standard InChI is InChI=1S/C33H36O5.2Y/c1-32(2,23-5-13-27(34)14-6-23)25-9-17-30(18-10-25)37-21-29(36)22-38-31-19-11-26(12-20-31)33(3,4)24-7-15-28(35)16-8-24;;/h5-20,29,34-36H,21-22H2,1-4H3;;. The van der Waals surface area contributed by atoms with Gasteiger partial charge in [-0.1, -0.05) is 76.2 Å². The summed E-state index contributed by atoms with van der Waals surface area (Å²) in [5, 5.41) is 29.5. The van der Waals surface area contributed by atoms with Crippen LogP contribution in [0.5, 0.6) is 23.0 Å². The van der Waals surface area contributed by atoms with Crippen LogP contribution in [-0.2, 0) is 76.2 Å². The maximum Gasteiger partial charge on any atom is 0.122 e. The van der Waals surface area contributed by atoms with Crippen LogP contribution in [0.4, 0.5) is 0 Å². The number of aromatic hydroxyl groups is 2. The molecule has 204 valence electrons. The van der Waals surface area contributed by atoms with Crippen LogP contribution < -0.4 is 9.47 Å². The van der Waals surface area contributed by atoms with Crippen molar-refractivity contribution in [1.29, 1.82) is 0 Å². The molecule has 4 aromatic carbocycles. The van der Waals surface area contributed by atoms with Crippen LogP contribution in [0.15, 0.2) is 97.1 Å². The number of ether oxygens (including phenoxy) is 2. The first-order valence-electron chi connectivity index (χ1n) is 12.8. The van der Waals surface area contributed by atoms with Crippen LogP contribution in [0.2, 0.25) is 0 Å². The van der Waals surface area contributed by atoms with E-state index in [0.717, 1.165) is 22.3 Å². The molecule has 4 rings (SSSR count). The van der Waals surface area contributed by atoms with Gasteiger partial charge in [-0.15, -0.1) is 0 Å². The van der Waals surface area contributed by atoms with Crippen molar-refractivity contribution in [2.24, 2.45) is 0 Å². The van der Waals surface area contributed by atoms with E-state index in [-0.39, 0.29) is 101 Å². The monoisotopic (exact) mass is 690 g/mol. The minimum Gasteiger partial charge on any atom is -0.508 e. The van der Waals surface area contributed by atoms with Crippen LogP contribution >= 0.6 is 0 Å². The first-order chi connectivity index (χ1) is 18.1. The fourth-order valence-electron chi connectivity index (χ4n) is 4.46. The maximum absolute atomic E-state index is 10.4. The Morgan fingerprint density at radius 2 is 0.750 bits per heavy atom. The number of aliphatic hydroxyl groups excluding tert-OH is 1. The predicted molar refractivity (Wildman–Crippen MR) is 150 cm³/mol. The van der Waals surface area contributed by atoms with Crippen LogP contribution in [-0.4, -0.2) is 34.6 Å². The molecule has 0 spiro atoms. The number of benzene rings is 4. The Bertz CT molecular complexity index is 1210. The summed E-state index contributed by atoms with van der Waals surface area (Å²) in [7, 11) is 0. The van der Waals surface area contributed by atoms with E-state index in [1.54, 1.807) is 24.3 Å². The van der Waals surface area contributed by atoms with Crippen molar-refractivity contribution < 1.29 is 90.2 Å². The topological polar surface area (TPSA) is 79.2 Å². The second-order valence-corrected chi connectivity index (χ2v) is 10.7. The zero-order chi connectivity index (χ0) is 27.3. The van der Waals surface area contributed by atoms with Crippen LogP contribution in [0, 0.1) is 0 Å². The van der Waals surface area contributed by atoms with Crippen molar-refractivity contribution in [3.63, 3.8) is 0 Å². The average Bonchev–Trinajstić information content (AvgIpc) is 2.91. The molecule has 40 heavy (non-hydrogen) atoms. The van der Waals surface area contributed by atoms with Crippen molar-refractivity contribution in [3.05, 3.63) is 119 Å². The van der Waals surface area contributed by atoms with Gasteiger partial charge in [0.25, 0.3) is 0 Å². The second kappa shape index (κ2) is 14.9. The van der Waals surface area contributed by atoms with Gasteiger partial charge in [0.05, 0.1) is 0 Å². The molecule has 0 amide bonds. The van der Waals surface area contributed by atoms with E-state index in [9.17, 15) is 15.3 Å². The Balaban J connectivity index is 0.00000280. The molecule has 0 aliphatic heterocycles. The van der Waals surface area contributed by atoms with Gasteiger partial charge >= 0.3 is 0 Å². The van der Waals surface area contributed by atoms with Gasteiger partial charge in [0.2, 0.25) is 0 Å². The summed E-state index contributed by atoms with van der Waals surface area (Å²) in [6.07, 6.45) is -0.781. The van der Waals surface area contributed by atoms with Gasteiger partial charge in [0.15, 0.2) is 0 Å². The third-order valence-electron chi connectivity index (χ3n) is 7.21. The molecule has 0 heterocycles. The van der Waals surface area contributed by atoms with E-state index in [0.29, 0.717) is 11.5 Å². The molecule has 0 aromatic heterocycles. The average molecular weight is 690 g/mol. The van der Waals surface area contributed by atoms with Gasteiger partial charge in [-0.25, -0.2) is 0 Å². The number of hydrogen-bond acceptors (Lipinski definition) is 5. The Kier molecular flexibility index (Phi) is 12.9. The number of phenolic OH excluding ortho intramolecular Hbond substituents is 2. The Labute approximate surface area is 287 Å². The molecule has 0 fully saturated rings. The van der Waals surface area contributed by atoms with E-state index in [1.165, 1.54) is 0 Å². The van der Waals surface area contributed by atoms with Gasteiger partial charge in [0.1, 0.15) is 42.3 Å². The molecule has 4 aromatic rings. The Hall–Kier alpha value is -1.75. The third-order valence-corrected chi connectivity index (χ3v) is 7.21. The summed E-state index contributed by atoms with van der Waals surface area (Å²) < 4.78 is 11.6. The summed E-state index contributed by atoms with van der Waals surface area (Å²) in [6, 6.07) is 30.2. The van der Waals surface area contributed by atoms with Gasteiger partial charge in [-0.3, -0.25) is 0 Å². The van der Waals surface area contributed by atoms with Gasteiger partial charge in [0, 0.05) is 76.2 Å². The summed E-state index contributed by atoms with van der Waals surface area (Å²) >= 11 is 0. The molecular weight excluding hydrogens is 654 g/mol. The zero-order valence-corrected chi connectivity index (χ0v) is 29.2. The van der Waals surface area contributed by atoms with E-state index in [2.05, 4.69) is 27.7 Å². The van der Waals surface area contributed by atoms with Crippen LogP contribution in [0.25, 0.3) is 0 Å². The molecule has 7 heteroatoms. The SMILES string of the molecule is CC(C)(c1ccc(O)cc1)c1ccc(OCC(O)COc2ccc(C(C)(C)c3ccc(O)cc3)cc2)cc1.[Y].[Y]. The molecule has 0 atom stereocenters. The Morgan fingerprint density at radius 1 is 0.500 bits per heavy atom. The minimum absolute atomic E-state index is 0. The fourth-order valence-corrected chi connectivity index (χ4v) is 4.46. The first-order valence-corrected chi connectivity index (χ1v) is 12.8. The molecule has 3 N–H and O–H groups in total.